The molecule has 0 aliphatic carbocycles. The summed E-state index contributed by atoms with van der Waals surface area (Å²) in [7, 11) is 2.13. The number of hydrogen-bond acceptors (Lipinski definition) is 5. The van der Waals surface area contributed by atoms with Gasteiger partial charge in [-0.15, -0.1) is 0 Å². The zero-order valence-electron chi connectivity index (χ0n) is 16.0. The van der Waals surface area contributed by atoms with Crippen LogP contribution < -0.4 is 15.5 Å². The molecular formula is C20H26N4O3. The molecule has 27 heavy (non-hydrogen) atoms. The monoisotopic (exact) mass is 370 g/mol. The van der Waals surface area contributed by atoms with Crippen LogP contribution in [0.5, 0.6) is 0 Å². The van der Waals surface area contributed by atoms with Gasteiger partial charge in [-0.05, 0) is 56.8 Å². The Morgan fingerprint density at radius 1 is 1.15 bits per heavy atom. The van der Waals surface area contributed by atoms with Crippen LogP contribution in [0.4, 0.5) is 11.4 Å². The highest BCUT2D eigenvalue weighted by molar-refractivity contribution is 6.00. The SMILES string of the molecule is Cc1cc(N2CCN(C)CC2)ccc1NC(=O)[C@@H](C)NC(=O)c1ccco1. The number of nitrogens with one attached hydrogen (secondary N) is 2. The molecule has 1 atom stereocenters. The zero-order chi connectivity index (χ0) is 19.4. The van der Waals surface area contributed by atoms with E-state index in [2.05, 4.69) is 33.5 Å². The summed E-state index contributed by atoms with van der Waals surface area (Å²) in [6.07, 6.45) is 1.42. The van der Waals surface area contributed by atoms with Crippen LogP contribution in [0.15, 0.2) is 41.0 Å². The molecule has 1 saturated heterocycles. The molecule has 1 aliphatic rings. The summed E-state index contributed by atoms with van der Waals surface area (Å²) in [6.45, 7) is 7.70. The Kier molecular flexibility index (Phi) is 5.81. The van der Waals surface area contributed by atoms with Gasteiger partial charge in [0.2, 0.25) is 5.91 Å². The number of hydrogen-bond donors (Lipinski definition) is 2. The molecule has 1 aliphatic heterocycles. The molecule has 0 saturated carbocycles. The molecule has 0 bridgehead atoms. The van der Waals surface area contributed by atoms with E-state index in [-0.39, 0.29) is 11.7 Å². The Bertz CT molecular complexity index is 796. The summed E-state index contributed by atoms with van der Waals surface area (Å²) in [5, 5.41) is 5.52. The first-order valence-corrected chi connectivity index (χ1v) is 9.13. The first-order valence-electron chi connectivity index (χ1n) is 9.13. The van der Waals surface area contributed by atoms with E-state index in [1.165, 1.54) is 6.26 Å². The van der Waals surface area contributed by atoms with Crippen molar-refractivity contribution in [1.29, 1.82) is 0 Å². The molecule has 2 heterocycles. The van der Waals surface area contributed by atoms with Crippen molar-refractivity contribution < 1.29 is 14.0 Å². The largest absolute Gasteiger partial charge is 0.459 e. The first-order chi connectivity index (χ1) is 12.9. The number of rotatable bonds is 5. The maximum atomic E-state index is 12.4. The fourth-order valence-electron chi connectivity index (χ4n) is 3.03. The smallest absolute Gasteiger partial charge is 0.287 e. The van der Waals surface area contributed by atoms with Crippen LogP contribution in [0.1, 0.15) is 23.0 Å². The molecule has 0 unspecified atom stereocenters. The fourth-order valence-corrected chi connectivity index (χ4v) is 3.03. The number of likely N-dealkylation sites (N-methyl/N-ethyl adjacent to an activating group) is 1. The van der Waals surface area contributed by atoms with Gasteiger partial charge in [0.05, 0.1) is 6.26 Å². The Morgan fingerprint density at radius 2 is 1.89 bits per heavy atom. The Balaban J connectivity index is 1.59. The summed E-state index contributed by atoms with van der Waals surface area (Å²) >= 11 is 0. The van der Waals surface area contributed by atoms with Crippen molar-refractivity contribution in [3.63, 3.8) is 0 Å². The van der Waals surface area contributed by atoms with Crippen LogP contribution in [0.3, 0.4) is 0 Å². The van der Waals surface area contributed by atoms with E-state index in [1.807, 2.05) is 19.1 Å². The normalized spacial score (nSPS) is 16.0. The highest BCUT2D eigenvalue weighted by atomic mass is 16.3. The average molecular weight is 370 g/mol. The van der Waals surface area contributed by atoms with Crippen molar-refractivity contribution in [2.45, 2.75) is 19.9 Å². The second kappa shape index (κ2) is 8.26. The lowest BCUT2D eigenvalue weighted by atomic mass is 10.1. The van der Waals surface area contributed by atoms with Crippen LogP contribution in [0.2, 0.25) is 0 Å². The van der Waals surface area contributed by atoms with Gasteiger partial charge in [0.25, 0.3) is 5.91 Å². The number of carbonyl (C=O) groups is 2. The van der Waals surface area contributed by atoms with E-state index in [9.17, 15) is 9.59 Å². The number of amides is 2. The van der Waals surface area contributed by atoms with Crippen molar-refractivity contribution >= 4 is 23.2 Å². The summed E-state index contributed by atoms with van der Waals surface area (Å²) in [5.74, 6) is -0.502. The summed E-state index contributed by atoms with van der Waals surface area (Å²) in [5.41, 5.74) is 2.90. The minimum atomic E-state index is -0.681. The quantitative estimate of drug-likeness (QED) is 0.843. The van der Waals surface area contributed by atoms with Gasteiger partial charge >= 0.3 is 0 Å². The maximum Gasteiger partial charge on any atom is 0.287 e. The molecule has 0 spiro atoms. The third kappa shape index (κ3) is 4.68. The standard InChI is InChI=1S/C20H26N4O3/c1-14-13-16(24-10-8-23(3)9-11-24)6-7-17(14)22-19(25)15(2)21-20(26)18-5-4-12-27-18/h4-7,12-13,15H,8-11H2,1-3H3,(H,21,26)(H,22,25)/t15-/m1/s1. The number of piperazine rings is 1. The topological polar surface area (TPSA) is 77.8 Å². The molecular weight excluding hydrogens is 344 g/mol. The minimum absolute atomic E-state index is 0.183. The Labute approximate surface area is 159 Å². The fraction of sp³-hybridized carbons (Fsp3) is 0.400. The highest BCUT2D eigenvalue weighted by Crippen LogP contribution is 2.23. The van der Waals surface area contributed by atoms with Crippen molar-refractivity contribution in [3.8, 4) is 0 Å². The molecule has 1 fully saturated rings. The van der Waals surface area contributed by atoms with E-state index in [1.54, 1.807) is 19.1 Å². The maximum absolute atomic E-state index is 12.4. The lowest BCUT2D eigenvalue weighted by Gasteiger charge is -2.34. The van der Waals surface area contributed by atoms with Crippen molar-refractivity contribution in [1.82, 2.24) is 10.2 Å². The van der Waals surface area contributed by atoms with Crippen molar-refractivity contribution in [2.24, 2.45) is 0 Å². The van der Waals surface area contributed by atoms with Gasteiger partial charge in [-0.25, -0.2) is 0 Å². The van der Waals surface area contributed by atoms with Crippen molar-refractivity contribution in [2.75, 3.05) is 43.4 Å². The highest BCUT2D eigenvalue weighted by Gasteiger charge is 2.19. The molecule has 0 radical (unpaired) electrons. The molecule has 2 amide bonds. The molecule has 7 heteroatoms. The predicted molar refractivity (Wildman–Crippen MR) is 105 cm³/mol. The number of benzene rings is 1. The summed E-state index contributed by atoms with van der Waals surface area (Å²) in [4.78, 5) is 29.1. The van der Waals surface area contributed by atoms with Gasteiger partial charge in [0, 0.05) is 37.6 Å². The molecule has 144 valence electrons. The third-order valence-electron chi connectivity index (χ3n) is 4.82. The van der Waals surface area contributed by atoms with E-state index < -0.39 is 11.9 Å². The predicted octanol–water partition coefficient (Wildman–Crippen LogP) is 2.10. The second-order valence-electron chi connectivity index (χ2n) is 6.95. The number of anilines is 2. The van der Waals surface area contributed by atoms with Gasteiger partial charge in [0.1, 0.15) is 6.04 Å². The lowest BCUT2D eigenvalue weighted by Crippen LogP contribution is -2.44. The Hall–Kier alpha value is -2.80. The summed E-state index contributed by atoms with van der Waals surface area (Å²) in [6, 6.07) is 8.54. The van der Waals surface area contributed by atoms with Gasteiger partial charge in [-0.2, -0.15) is 0 Å². The van der Waals surface area contributed by atoms with E-state index in [0.29, 0.717) is 0 Å². The molecule has 3 rings (SSSR count). The van der Waals surface area contributed by atoms with Crippen LogP contribution in [0, 0.1) is 6.92 Å². The van der Waals surface area contributed by atoms with E-state index in [0.717, 1.165) is 43.1 Å². The van der Waals surface area contributed by atoms with E-state index >= 15 is 0 Å². The average Bonchev–Trinajstić information content (AvgIpc) is 3.19. The number of nitrogens with zero attached hydrogens (tertiary/aromatic N) is 2. The van der Waals surface area contributed by atoms with Crippen LogP contribution in [0.25, 0.3) is 0 Å². The lowest BCUT2D eigenvalue weighted by molar-refractivity contribution is -0.117. The van der Waals surface area contributed by atoms with Crippen molar-refractivity contribution in [3.05, 3.63) is 47.9 Å². The second-order valence-corrected chi connectivity index (χ2v) is 6.95. The third-order valence-corrected chi connectivity index (χ3v) is 4.82. The van der Waals surface area contributed by atoms with Crippen LogP contribution >= 0.6 is 0 Å². The minimum Gasteiger partial charge on any atom is -0.459 e. The van der Waals surface area contributed by atoms with Gasteiger partial charge < -0.3 is 24.9 Å². The first kappa shape index (κ1) is 19.0. The number of furan rings is 1. The molecule has 2 N–H and O–H groups in total. The van der Waals surface area contributed by atoms with Crippen LogP contribution in [-0.4, -0.2) is 56.0 Å². The van der Waals surface area contributed by atoms with Gasteiger partial charge in [-0.1, -0.05) is 0 Å². The molecule has 2 aromatic rings. The Morgan fingerprint density at radius 3 is 2.52 bits per heavy atom. The number of aryl methyl sites for hydroxylation is 1. The van der Waals surface area contributed by atoms with Gasteiger partial charge in [0.15, 0.2) is 5.76 Å². The van der Waals surface area contributed by atoms with E-state index in [4.69, 9.17) is 4.42 Å². The molecule has 7 nitrogen and oxygen atoms in total. The van der Waals surface area contributed by atoms with Gasteiger partial charge in [-0.3, -0.25) is 9.59 Å². The van der Waals surface area contributed by atoms with Crippen LogP contribution in [-0.2, 0) is 4.79 Å². The number of carbonyl (C=O) groups excluding carboxylic acids is 2. The summed E-state index contributed by atoms with van der Waals surface area (Å²) < 4.78 is 5.04. The zero-order valence-corrected chi connectivity index (χ0v) is 16.0. The molecule has 1 aromatic carbocycles. The molecule has 1 aromatic heterocycles.